The molecule has 4 aromatic rings. The Balaban J connectivity index is 2.28. The number of pyridine rings is 1. The first-order valence-corrected chi connectivity index (χ1v) is 8.42. The van der Waals surface area contributed by atoms with E-state index >= 15 is 0 Å². The zero-order chi connectivity index (χ0) is 18.6. The van der Waals surface area contributed by atoms with E-state index in [1.807, 2.05) is 6.07 Å². The smallest absolute Gasteiger partial charge is 0.342 e. The molecule has 0 amide bonds. The van der Waals surface area contributed by atoms with Crippen LogP contribution < -0.4 is 14.8 Å². The van der Waals surface area contributed by atoms with Crippen molar-refractivity contribution < 1.29 is 19.0 Å². The average molecular weight is 369 g/mol. The van der Waals surface area contributed by atoms with Crippen LogP contribution in [0.25, 0.3) is 33.4 Å². The summed E-state index contributed by atoms with van der Waals surface area (Å²) in [5.74, 6) is -1.85. The molecule has 0 atom stereocenters. The number of carboxylic acid groups (broad SMARTS) is 1. The average Bonchev–Trinajstić information content (AvgIpc) is 2.61. The molecule has 0 fully saturated rings. The maximum absolute atomic E-state index is 14.9. The zero-order valence-corrected chi connectivity index (χ0v) is 14.4. The van der Waals surface area contributed by atoms with Crippen LogP contribution in [0.5, 0.6) is 5.75 Å². The number of aromatic nitrogens is 1. The molecule has 2 heterocycles. The number of benzene rings is 2. The van der Waals surface area contributed by atoms with Crippen molar-refractivity contribution in [3.05, 3.63) is 62.7 Å². The van der Waals surface area contributed by atoms with Gasteiger partial charge in [0.15, 0.2) is 5.75 Å². The fourth-order valence-corrected chi connectivity index (χ4v) is 4.11. The van der Waals surface area contributed by atoms with E-state index in [1.54, 1.807) is 24.3 Å². The van der Waals surface area contributed by atoms with E-state index in [0.717, 1.165) is 17.4 Å². The maximum Gasteiger partial charge on any atom is 0.342 e. The molecule has 1 N–H and O–H groups in total. The van der Waals surface area contributed by atoms with Crippen molar-refractivity contribution in [3.63, 3.8) is 0 Å². The van der Waals surface area contributed by atoms with Gasteiger partial charge in [-0.3, -0.25) is 9.20 Å². The predicted octanol–water partition coefficient (Wildman–Crippen LogP) is 3.16. The Bertz CT molecular complexity index is 1290. The van der Waals surface area contributed by atoms with Gasteiger partial charge in [-0.2, -0.15) is 0 Å². The Morgan fingerprint density at radius 1 is 1.31 bits per heavy atom. The van der Waals surface area contributed by atoms with E-state index in [1.165, 1.54) is 11.5 Å². The zero-order valence-electron chi connectivity index (χ0n) is 13.6. The van der Waals surface area contributed by atoms with Crippen LogP contribution in [0.2, 0.25) is 0 Å². The van der Waals surface area contributed by atoms with Gasteiger partial charge in [0, 0.05) is 0 Å². The van der Waals surface area contributed by atoms with Gasteiger partial charge in [0.2, 0.25) is 5.43 Å². The van der Waals surface area contributed by atoms with Gasteiger partial charge in [-0.05, 0) is 11.6 Å². The number of hydrogen-bond donors (Lipinski definition) is 1. The summed E-state index contributed by atoms with van der Waals surface area (Å²) in [6.45, 7) is 3.86. The topological polar surface area (TPSA) is 68.0 Å². The Kier molecular flexibility index (Phi) is 3.55. The third kappa shape index (κ3) is 2.07. The SMILES string of the molecule is C=c1sc2c(C(=O)O)c(=O)c3cc(F)c(-c4ccccc4)c(OC)c3n12. The molecule has 130 valence electrons. The number of halogens is 1. The lowest BCUT2D eigenvalue weighted by Gasteiger charge is -2.18. The number of methoxy groups -OCH3 is 1. The largest absolute Gasteiger partial charge is 0.494 e. The van der Waals surface area contributed by atoms with Gasteiger partial charge in [-0.25, -0.2) is 9.18 Å². The molecule has 0 aliphatic carbocycles. The molecule has 0 aliphatic heterocycles. The maximum atomic E-state index is 14.9. The van der Waals surface area contributed by atoms with Crippen LogP contribution in [0.3, 0.4) is 0 Å². The van der Waals surface area contributed by atoms with E-state index < -0.39 is 17.2 Å². The number of carboxylic acids is 1. The van der Waals surface area contributed by atoms with Crippen LogP contribution in [0.15, 0.2) is 41.2 Å². The van der Waals surface area contributed by atoms with E-state index in [0.29, 0.717) is 15.7 Å². The molecule has 0 bridgehead atoms. The van der Waals surface area contributed by atoms with Gasteiger partial charge in [0.25, 0.3) is 0 Å². The number of rotatable bonds is 3. The molecule has 0 saturated carbocycles. The number of ether oxygens (including phenoxy) is 1. The van der Waals surface area contributed by atoms with Gasteiger partial charge >= 0.3 is 5.97 Å². The highest BCUT2D eigenvalue weighted by Gasteiger charge is 2.26. The highest BCUT2D eigenvalue weighted by Crippen LogP contribution is 2.39. The minimum atomic E-state index is -1.35. The van der Waals surface area contributed by atoms with Gasteiger partial charge in [0.05, 0.1) is 22.7 Å². The standard InChI is InChI=1S/C19H12FNO4S/c1-9-21-15-11(16(22)14(19(23)24)18(21)26-9)8-12(20)13(17(15)25-2)10-6-4-3-5-7-10/h3-8H,1H2,2H3,(H,23,24). The van der Waals surface area contributed by atoms with Crippen molar-refractivity contribution in [2.75, 3.05) is 7.11 Å². The van der Waals surface area contributed by atoms with Crippen molar-refractivity contribution in [1.82, 2.24) is 4.40 Å². The number of nitrogens with zero attached hydrogens (tertiary/aromatic N) is 1. The van der Waals surface area contributed by atoms with Crippen LogP contribution in [-0.2, 0) is 0 Å². The van der Waals surface area contributed by atoms with Gasteiger partial charge in [-0.15, -0.1) is 0 Å². The Hall–Kier alpha value is -3.19. The summed E-state index contributed by atoms with van der Waals surface area (Å²) < 4.78 is 22.5. The highest BCUT2D eigenvalue weighted by atomic mass is 32.1. The molecule has 0 saturated heterocycles. The lowest BCUT2D eigenvalue weighted by molar-refractivity contribution is 0.0697. The second-order valence-electron chi connectivity index (χ2n) is 5.67. The number of carbonyl (C=O) groups is 1. The Labute approximate surface area is 150 Å². The lowest BCUT2D eigenvalue weighted by atomic mass is 10.00. The van der Waals surface area contributed by atoms with Crippen LogP contribution in [0.1, 0.15) is 10.4 Å². The van der Waals surface area contributed by atoms with Crippen molar-refractivity contribution in [2.24, 2.45) is 0 Å². The summed E-state index contributed by atoms with van der Waals surface area (Å²) in [6, 6.07) is 9.88. The molecular formula is C19H12FNO4S. The summed E-state index contributed by atoms with van der Waals surface area (Å²) in [7, 11) is 1.39. The first-order valence-electron chi connectivity index (χ1n) is 7.60. The molecule has 4 rings (SSSR count). The molecule has 0 aliphatic rings. The summed E-state index contributed by atoms with van der Waals surface area (Å²) in [5.41, 5.74) is -0.00574. The third-order valence-corrected chi connectivity index (χ3v) is 5.26. The minimum Gasteiger partial charge on any atom is -0.494 e. The summed E-state index contributed by atoms with van der Waals surface area (Å²) in [4.78, 5) is 24.5. The molecule has 2 aromatic carbocycles. The lowest BCUT2D eigenvalue weighted by Crippen LogP contribution is -2.26. The van der Waals surface area contributed by atoms with Crippen LogP contribution in [-0.4, -0.2) is 22.6 Å². The van der Waals surface area contributed by atoms with Crippen molar-refractivity contribution in [3.8, 4) is 16.9 Å². The van der Waals surface area contributed by atoms with Crippen molar-refractivity contribution in [2.45, 2.75) is 0 Å². The fraction of sp³-hybridized carbons (Fsp3) is 0.0526. The van der Waals surface area contributed by atoms with Crippen molar-refractivity contribution >= 4 is 39.6 Å². The van der Waals surface area contributed by atoms with E-state index in [9.17, 15) is 19.1 Å². The third-order valence-electron chi connectivity index (χ3n) is 4.26. The highest BCUT2D eigenvalue weighted by molar-refractivity contribution is 7.17. The first-order chi connectivity index (χ1) is 12.5. The first kappa shape index (κ1) is 16.3. The molecule has 26 heavy (non-hydrogen) atoms. The summed E-state index contributed by atoms with van der Waals surface area (Å²) in [6.07, 6.45) is 0. The van der Waals surface area contributed by atoms with Crippen molar-refractivity contribution in [1.29, 1.82) is 0 Å². The van der Waals surface area contributed by atoms with Gasteiger partial charge < -0.3 is 9.84 Å². The van der Waals surface area contributed by atoms with E-state index in [2.05, 4.69) is 6.58 Å². The van der Waals surface area contributed by atoms with Crippen LogP contribution in [0.4, 0.5) is 4.39 Å². The minimum absolute atomic E-state index is 0.0540. The molecule has 0 spiro atoms. The monoisotopic (exact) mass is 369 g/mol. The number of fused-ring (bicyclic) bond motifs is 3. The van der Waals surface area contributed by atoms with E-state index in [4.69, 9.17) is 4.74 Å². The second kappa shape index (κ2) is 5.67. The Morgan fingerprint density at radius 2 is 2.00 bits per heavy atom. The van der Waals surface area contributed by atoms with Crippen LogP contribution >= 0.6 is 11.3 Å². The predicted molar refractivity (Wildman–Crippen MR) is 98.7 cm³/mol. The van der Waals surface area contributed by atoms with Gasteiger partial charge in [0.1, 0.15) is 21.7 Å². The number of aromatic carboxylic acids is 1. The van der Waals surface area contributed by atoms with Crippen LogP contribution in [0, 0.1) is 5.82 Å². The van der Waals surface area contributed by atoms with E-state index in [-0.39, 0.29) is 27.1 Å². The molecule has 7 heteroatoms. The molecular weight excluding hydrogens is 357 g/mol. The summed E-state index contributed by atoms with van der Waals surface area (Å²) in [5, 5.41) is 9.34. The fourth-order valence-electron chi connectivity index (χ4n) is 3.17. The normalized spacial score (nSPS) is 11.3. The molecule has 0 radical (unpaired) electrons. The molecule has 2 aromatic heterocycles. The quantitative estimate of drug-likeness (QED) is 0.602. The summed E-state index contributed by atoms with van der Waals surface area (Å²) >= 11 is 1.10. The van der Waals surface area contributed by atoms with Gasteiger partial charge in [-0.1, -0.05) is 48.2 Å². The molecule has 5 nitrogen and oxygen atoms in total. The number of hydrogen-bond acceptors (Lipinski definition) is 4. The molecule has 0 unspecified atom stereocenters. The second-order valence-corrected chi connectivity index (χ2v) is 6.74. The Morgan fingerprint density at radius 3 is 2.58 bits per heavy atom.